The quantitative estimate of drug-likeness (QED) is 0.468. The molecule has 4 nitrogen and oxygen atoms in total. The van der Waals surface area contributed by atoms with Gasteiger partial charge in [0.05, 0.1) is 0 Å². The molecule has 1 N–H and O–H groups in total. The summed E-state index contributed by atoms with van der Waals surface area (Å²) in [5.74, 6) is 4.51. The topological polar surface area (TPSA) is 49.4 Å². The van der Waals surface area contributed by atoms with Crippen LogP contribution in [0.3, 0.4) is 0 Å². The highest BCUT2D eigenvalue weighted by Gasteiger charge is 2.18. The third-order valence-corrected chi connectivity index (χ3v) is 1.56. The van der Waals surface area contributed by atoms with Gasteiger partial charge in [0.2, 0.25) is 5.91 Å². The van der Waals surface area contributed by atoms with Crippen LogP contribution in [0.2, 0.25) is 0 Å². The van der Waals surface area contributed by atoms with Crippen LogP contribution in [0.5, 0.6) is 0 Å². The van der Waals surface area contributed by atoms with Crippen molar-refractivity contribution in [3.63, 3.8) is 0 Å². The summed E-state index contributed by atoms with van der Waals surface area (Å²) >= 11 is 0. The summed E-state index contributed by atoms with van der Waals surface area (Å²) in [6.45, 7) is 2.81. The van der Waals surface area contributed by atoms with Crippen LogP contribution in [0.1, 0.15) is 6.92 Å². The number of nitrogens with one attached hydrogen (secondary N) is 1. The maximum absolute atomic E-state index is 11.1. The highest BCUT2D eigenvalue weighted by molar-refractivity contribution is 5.96. The molecule has 1 aliphatic rings. The van der Waals surface area contributed by atoms with E-state index in [2.05, 4.69) is 17.2 Å². The lowest BCUT2D eigenvalue weighted by molar-refractivity contribution is -0.134. The first-order valence-electron chi connectivity index (χ1n) is 3.72. The van der Waals surface area contributed by atoms with Crippen molar-refractivity contribution in [3.8, 4) is 11.8 Å². The molecule has 0 atom stereocenters. The van der Waals surface area contributed by atoms with Crippen LogP contribution < -0.4 is 5.32 Å². The number of nitrogens with zero attached hydrogens (tertiary/aromatic N) is 1. The second-order valence-corrected chi connectivity index (χ2v) is 2.45. The Labute approximate surface area is 70.9 Å². The number of carbonyl (C=O) groups excluding carboxylic acids is 2. The molecule has 0 aromatic rings. The molecular formula is C8H10N2O2. The summed E-state index contributed by atoms with van der Waals surface area (Å²) in [4.78, 5) is 23.4. The Hall–Kier alpha value is -1.50. The fraction of sp³-hybridized carbons (Fsp3) is 0.500. The second-order valence-electron chi connectivity index (χ2n) is 2.45. The van der Waals surface area contributed by atoms with Crippen molar-refractivity contribution in [2.75, 3.05) is 19.6 Å². The van der Waals surface area contributed by atoms with Crippen LogP contribution in [-0.4, -0.2) is 36.3 Å². The maximum atomic E-state index is 11.1. The van der Waals surface area contributed by atoms with E-state index in [4.69, 9.17) is 0 Å². The second kappa shape index (κ2) is 3.77. The summed E-state index contributed by atoms with van der Waals surface area (Å²) in [7, 11) is 0. The van der Waals surface area contributed by atoms with Gasteiger partial charge in [0.15, 0.2) is 0 Å². The highest BCUT2D eigenvalue weighted by Crippen LogP contribution is 1.92. The summed E-state index contributed by atoms with van der Waals surface area (Å²) in [5, 5.41) is 2.63. The van der Waals surface area contributed by atoms with E-state index < -0.39 is 0 Å². The van der Waals surface area contributed by atoms with Gasteiger partial charge in [0.1, 0.15) is 6.54 Å². The van der Waals surface area contributed by atoms with Crippen LogP contribution in [0.25, 0.3) is 0 Å². The molecule has 0 saturated carbocycles. The van der Waals surface area contributed by atoms with Gasteiger partial charge >= 0.3 is 0 Å². The first kappa shape index (κ1) is 8.60. The van der Waals surface area contributed by atoms with Crippen molar-refractivity contribution in [2.45, 2.75) is 6.92 Å². The molecule has 1 fully saturated rings. The Morgan fingerprint density at radius 3 is 3.00 bits per heavy atom. The van der Waals surface area contributed by atoms with Gasteiger partial charge in [-0.2, -0.15) is 0 Å². The zero-order valence-electron chi connectivity index (χ0n) is 6.89. The average molecular weight is 166 g/mol. The van der Waals surface area contributed by atoms with E-state index in [1.165, 1.54) is 4.90 Å². The van der Waals surface area contributed by atoms with Crippen LogP contribution in [-0.2, 0) is 9.59 Å². The molecule has 1 aliphatic heterocycles. The third-order valence-electron chi connectivity index (χ3n) is 1.56. The van der Waals surface area contributed by atoms with E-state index in [9.17, 15) is 9.59 Å². The van der Waals surface area contributed by atoms with Crippen molar-refractivity contribution >= 4 is 11.8 Å². The zero-order chi connectivity index (χ0) is 8.97. The molecular weight excluding hydrogens is 156 g/mol. The third kappa shape index (κ3) is 1.99. The molecule has 2 amide bonds. The van der Waals surface area contributed by atoms with Crippen LogP contribution in [0.4, 0.5) is 0 Å². The Balaban J connectivity index is 2.55. The van der Waals surface area contributed by atoms with E-state index in [0.717, 1.165) is 0 Å². The molecule has 0 aromatic carbocycles. The number of hydrogen-bond donors (Lipinski definition) is 1. The van der Waals surface area contributed by atoms with Gasteiger partial charge in [-0.1, -0.05) is 5.92 Å². The Bertz CT molecular complexity index is 262. The van der Waals surface area contributed by atoms with Gasteiger partial charge in [0.25, 0.3) is 5.91 Å². The van der Waals surface area contributed by atoms with E-state index in [1.807, 2.05) is 0 Å². The first-order valence-corrected chi connectivity index (χ1v) is 3.72. The van der Waals surface area contributed by atoms with E-state index in [0.29, 0.717) is 13.1 Å². The van der Waals surface area contributed by atoms with Crippen molar-refractivity contribution in [2.24, 2.45) is 0 Å². The number of piperazine rings is 1. The number of rotatable bonds is 0. The van der Waals surface area contributed by atoms with E-state index >= 15 is 0 Å². The molecule has 0 unspecified atom stereocenters. The fourth-order valence-electron chi connectivity index (χ4n) is 0.998. The van der Waals surface area contributed by atoms with Crippen LogP contribution >= 0.6 is 0 Å². The molecule has 4 heteroatoms. The average Bonchev–Trinajstić information content (AvgIpc) is 2.05. The largest absolute Gasteiger partial charge is 0.353 e. The van der Waals surface area contributed by atoms with Crippen molar-refractivity contribution in [1.82, 2.24) is 10.2 Å². The van der Waals surface area contributed by atoms with Crippen molar-refractivity contribution in [3.05, 3.63) is 0 Å². The zero-order valence-corrected chi connectivity index (χ0v) is 6.89. The lowest BCUT2D eigenvalue weighted by Crippen LogP contribution is -2.49. The predicted octanol–water partition coefficient (Wildman–Crippen LogP) is -1.03. The normalized spacial score (nSPS) is 16.1. The fourth-order valence-corrected chi connectivity index (χ4v) is 0.998. The van der Waals surface area contributed by atoms with Gasteiger partial charge in [-0.05, 0) is 12.8 Å². The monoisotopic (exact) mass is 166 g/mol. The summed E-state index contributed by atoms with van der Waals surface area (Å²) < 4.78 is 0. The van der Waals surface area contributed by atoms with Gasteiger partial charge in [-0.3, -0.25) is 9.59 Å². The molecule has 1 saturated heterocycles. The predicted molar refractivity (Wildman–Crippen MR) is 43.0 cm³/mol. The highest BCUT2D eigenvalue weighted by atomic mass is 16.2. The number of amides is 2. The van der Waals surface area contributed by atoms with Crippen LogP contribution in [0, 0.1) is 11.8 Å². The molecule has 1 heterocycles. The number of carbonyl (C=O) groups is 2. The molecule has 0 radical (unpaired) electrons. The lowest BCUT2D eigenvalue weighted by atomic mass is 10.3. The SMILES string of the molecule is CC#CC(=O)N1CCNC(=O)C1. The van der Waals surface area contributed by atoms with E-state index in [1.54, 1.807) is 6.92 Å². The van der Waals surface area contributed by atoms with Crippen molar-refractivity contribution < 1.29 is 9.59 Å². The molecule has 0 aromatic heterocycles. The van der Waals surface area contributed by atoms with Crippen LogP contribution in [0.15, 0.2) is 0 Å². The smallest absolute Gasteiger partial charge is 0.298 e. The Morgan fingerprint density at radius 2 is 2.42 bits per heavy atom. The lowest BCUT2D eigenvalue weighted by Gasteiger charge is -2.24. The summed E-state index contributed by atoms with van der Waals surface area (Å²) in [5.41, 5.74) is 0. The summed E-state index contributed by atoms with van der Waals surface area (Å²) in [6.07, 6.45) is 0. The standard InChI is InChI=1S/C8H10N2O2/c1-2-3-8(12)10-5-4-9-7(11)6-10/h4-6H2,1H3,(H,9,11). The maximum Gasteiger partial charge on any atom is 0.298 e. The summed E-state index contributed by atoms with van der Waals surface area (Å²) in [6, 6.07) is 0. The Morgan fingerprint density at radius 1 is 1.67 bits per heavy atom. The van der Waals surface area contributed by atoms with Crippen molar-refractivity contribution in [1.29, 1.82) is 0 Å². The van der Waals surface area contributed by atoms with Gasteiger partial charge in [0, 0.05) is 13.1 Å². The Kier molecular flexibility index (Phi) is 2.70. The molecule has 12 heavy (non-hydrogen) atoms. The minimum atomic E-state index is -0.271. The number of hydrogen-bond acceptors (Lipinski definition) is 2. The first-order chi connectivity index (χ1) is 5.74. The van der Waals surface area contributed by atoms with E-state index in [-0.39, 0.29) is 18.4 Å². The molecule has 0 spiro atoms. The van der Waals surface area contributed by atoms with Gasteiger partial charge < -0.3 is 10.2 Å². The molecule has 0 bridgehead atoms. The van der Waals surface area contributed by atoms with Gasteiger partial charge in [-0.15, -0.1) is 0 Å². The van der Waals surface area contributed by atoms with Gasteiger partial charge in [-0.25, -0.2) is 0 Å². The minimum Gasteiger partial charge on any atom is -0.353 e. The minimum absolute atomic E-state index is 0.118. The molecule has 0 aliphatic carbocycles. The molecule has 64 valence electrons. The molecule has 1 rings (SSSR count).